The second kappa shape index (κ2) is 7.09. The minimum absolute atomic E-state index is 0.244. The lowest BCUT2D eigenvalue weighted by Gasteiger charge is -2.11. The monoisotopic (exact) mass is 390 g/mol. The van der Waals surface area contributed by atoms with Gasteiger partial charge in [0, 0.05) is 22.5 Å². The molecule has 0 saturated carbocycles. The molecule has 1 amide bonds. The molecule has 4 aromatic rings. The number of benzene rings is 2. The topological polar surface area (TPSA) is 59.3 Å². The highest BCUT2D eigenvalue weighted by Gasteiger charge is 2.19. The van der Waals surface area contributed by atoms with Crippen molar-refractivity contribution >= 4 is 28.8 Å². The van der Waals surface area contributed by atoms with Crippen molar-refractivity contribution < 1.29 is 4.79 Å². The maximum Gasteiger partial charge on any atom is 0.259 e. The molecule has 0 radical (unpaired) electrons. The Morgan fingerprint density at radius 3 is 2.57 bits per heavy atom. The van der Waals surface area contributed by atoms with Crippen molar-refractivity contribution in [2.75, 3.05) is 5.32 Å². The van der Waals surface area contributed by atoms with Gasteiger partial charge < -0.3 is 5.32 Å². The van der Waals surface area contributed by atoms with Crippen molar-refractivity contribution in [1.82, 2.24) is 14.6 Å². The third kappa shape index (κ3) is 3.14. The lowest BCUT2D eigenvalue weighted by atomic mass is 10.1. The fraction of sp³-hybridized carbons (Fsp3) is 0.136. The third-order valence-corrected chi connectivity index (χ3v) is 5.05. The van der Waals surface area contributed by atoms with Gasteiger partial charge in [-0.25, -0.2) is 9.50 Å². The van der Waals surface area contributed by atoms with Crippen LogP contribution in [0, 0.1) is 20.8 Å². The normalized spacial score (nSPS) is 11.0. The van der Waals surface area contributed by atoms with Gasteiger partial charge in [0.05, 0.1) is 17.0 Å². The summed E-state index contributed by atoms with van der Waals surface area (Å²) in [6, 6.07) is 15.4. The fourth-order valence-electron chi connectivity index (χ4n) is 3.29. The Bertz CT molecular complexity index is 1200. The van der Waals surface area contributed by atoms with Crippen LogP contribution in [0.5, 0.6) is 0 Å². The molecule has 2 heterocycles. The maximum absolute atomic E-state index is 12.9. The standard InChI is InChI=1S/C22H19ClN4O/c1-13-9-10-17(23)11-19(13)25-22(28)18-12-24-21-20(16-7-5-4-6-8-16)14(2)26-27(21)15(18)3/h4-12H,1-3H3,(H,25,28). The van der Waals surface area contributed by atoms with Crippen LogP contribution in [0.15, 0.2) is 54.7 Å². The minimum Gasteiger partial charge on any atom is -0.322 e. The first kappa shape index (κ1) is 18.2. The number of aromatic nitrogens is 3. The van der Waals surface area contributed by atoms with Gasteiger partial charge in [0.1, 0.15) is 0 Å². The molecule has 28 heavy (non-hydrogen) atoms. The summed E-state index contributed by atoms with van der Waals surface area (Å²) in [6.07, 6.45) is 1.60. The van der Waals surface area contributed by atoms with Crippen molar-refractivity contribution in [3.05, 3.63) is 82.3 Å². The Morgan fingerprint density at radius 1 is 1.07 bits per heavy atom. The number of carbonyl (C=O) groups is 1. The van der Waals surface area contributed by atoms with E-state index in [0.717, 1.165) is 33.7 Å². The van der Waals surface area contributed by atoms with Gasteiger partial charge in [-0.3, -0.25) is 4.79 Å². The van der Waals surface area contributed by atoms with Crippen LogP contribution in [0.4, 0.5) is 5.69 Å². The number of halogens is 1. The van der Waals surface area contributed by atoms with Crippen LogP contribution in [0.25, 0.3) is 16.8 Å². The average Bonchev–Trinajstić information content (AvgIpc) is 3.02. The second-order valence-corrected chi connectivity index (χ2v) is 7.17. The molecule has 0 atom stereocenters. The summed E-state index contributed by atoms with van der Waals surface area (Å²) < 4.78 is 1.73. The van der Waals surface area contributed by atoms with E-state index in [1.54, 1.807) is 22.8 Å². The number of rotatable bonds is 3. The minimum atomic E-state index is -0.244. The number of amides is 1. The zero-order valence-corrected chi connectivity index (χ0v) is 16.6. The molecule has 5 nitrogen and oxygen atoms in total. The molecule has 2 aromatic heterocycles. The van der Waals surface area contributed by atoms with E-state index in [1.807, 2.05) is 57.2 Å². The zero-order valence-electron chi connectivity index (χ0n) is 15.8. The summed E-state index contributed by atoms with van der Waals surface area (Å²) in [6.45, 7) is 5.74. The summed E-state index contributed by atoms with van der Waals surface area (Å²) >= 11 is 6.06. The molecular formula is C22H19ClN4O. The summed E-state index contributed by atoms with van der Waals surface area (Å²) in [5, 5.41) is 8.12. The predicted octanol–water partition coefficient (Wildman–Crippen LogP) is 5.23. The van der Waals surface area contributed by atoms with Crippen LogP contribution < -0.4 is 5.32 Å². The molecule has 4 rings (SSSR count). The number of carbonyl (C=O) groups excluding carboxylic acids is 1. The molecule has 0 fully saturated rings. The van der Waals surface area contributed by atoms with Crippen molar-refractivity contribution in [1.29, 1.82) is 0 Å². The SMILES string of the molecule is Cc1ccc(Cl)cc1NC(=O)c1cnc2c(-c3ccccc3)c(C)nn2c1C. The van der Waals surface area contributed by atoms with Gasteiger partial charge in [-0.1, -0.05) is 48.0 Å². The van der Waals surface area contributed by atoms with Crippen LogP contribution in [0.2, 0.25) is 5.02 Å². The van der Waals surface area contributed by atoms with Gasteiger partial charge in [0.15, 0.2) is 5.65 Å². The zero-order chi connectivity index (χ0) is 19.8. The van der Waals surface area contributed by atoms with Crippen molar-refractivity contribution in [3.63, 3.8) is 0 Å². The highest BCUT2D eigenvalue weighted by Crippen LogP contribution is 2.28. The van der Waals surface area contributed by atoms with E-state index >= 15 is 0 Å². The number of aryl methyl sites for hydroxylation is 3. The van der Waals surface area contributed by atoms with Gasteiger partial charge in [-0.15, -0.1) is 0 Å². The average molecular weight is 391 g/mol. The second-order valence-electron chi connectivity index (χ2n) is 6.73. The van der Waals surface area contributed by atoms with Gasteiger partial charge in [-0.05, 0) is 44.0 Å². The number of fused-ring (bicyclic) bond motifs is 1. The maximum atomic E-state index is 12.9. The Labute approximate surface area is 168 Å². The summed E-state index contributed by atoms with van der Waals surface area (Å²) in [7, 11) is 0. The molecular weight excluding hydrogens is 372 g/mol. The van der Waals surface area contributed by atoms with Gasteiger partial charge in [0.25, 0.3) is 5.91 Å². The highest BCUT2D eigenvalue weighted by molar-refractivity contribution is 6.31. The van der Waals surface area contributed by atoms with Gasteiger partial charge >= 0.3 is 0 Å². The fourth-order valence-corrected chi connectivity index (χ4v) is 3.46. The molecule has 1 N–H and O–H groups in total. The molecule has 0 spiro atoms. The summed E-state index contributed by atoms with van der Waals surface area (Å²) in [5.41, 5.74) is 6.43. The van der Waals surface area contributed by atoms with E-state index in [0.29, 0.717) is 16.3 Å². The van der Waals surface area contributed by atoms with Crippen molar-refractivity contribution in [3.8, 4) is 11.1 Å². The lowest BCUT2D eigenvalue weighted by molar-refractivity contribution is 0.102. The number of anilines is 1. The first-order chi connectivity index (χ1) is 13.5. The largest absolute Gasteiger partial charge is 0.322 e. The third-order valence-electron chi connectivity index (χ3n) is 4.81. The van der Waals surface area contributed by atoms with Gasteiger partial charge in [-0.2, -0.15) is 5.10 Å². The van der Waals surface area contributed by atoms with Crippen LogP contribution in [-0.4, -0.2) is 20.5 Å². The number of hydrogen-bond acceptors (Lipinski definition) is 3. The smallest absolute Gasteiger partial charge is 0.259 e. The van der Waals surface area contributed by atoms with E-state index in [4.69, 9.17) is 11.6 Å². The Balaban J connectivity index is 1.76. The molecule has 140 valence electrons. The van der Waals surface area contributed by atoms with E-state index in [9.17, 15) is 4.79 Å². The van der Waals surface area contributed by atoms with Crippen molar-refractivity contribution in [2.24, 2.45) is 0 Å². The molecule has 0 aliphatic carbocycles. The van der Waals surface area contributed by atoms with Gasteiger partial charge in [0.2, 0.25) is 0 Å². The molecule has 0 saturated heterocycles. The number of nitrogens with zero attached hydrogens (tertiary/aromatic N) is 3. The first-order valence-corrected chi connectivity index (χ1v) is 9.31. The Morgan fingerprint density at radius 2 is 1.82 bits per heavy atom. The Kier molecular flexibility index (Phi) is 4.61. The molecule has 0 aliphatic rings. The first-order valence-electron chi connectivity index (χ1n) is 8.93. The van der Waals surface area contributed by atoms with E-state index in [1.165, 1.54) is 0 Å². The van der Waals surface area contributed by atoms with E-state index < -0.39 is 0 Å². The van der Waals surface area contributed by atoms with Crippen molar-refractivity contribution in [2.45, 2.75) is 20.8 Å². The van der Waals surface area contributed by atoms with Crippen LogP contribution in [-0.2, 0) is 0 Å². The lowest BCUT2D eigenvalue weighted by Crippen LogP contribution is -2.16. The molecule has 2 aromatic carbocycles. The summed E-state index contributed by atoms with van der Waals surface area (Å²) in [4.78, 5) is 17.4. The summed E-state index contributed by atoms with van der Waals surface area (Å²) in [5.74, 6) is -0.244. The highest BCUT2D eigenvalue weighted by atomic mass is 35.5. The van der Waals surface area contributed by atoms with Crippen LogP contribution in [0.1, 0.15) is 27.3 Å². The molecule has 0 aliphatic heterocycles. The van der Waals surface area contributed by atoms with E-state index in [2.05, 4.69) is 15.4 Å². The van der Waals surface area contributed by atoms with Crippen LogP contribution >= 0.6 is 11.6 Å². The molecule has 0 unspecified atom stereocenters. The van der Waals surface area contributed by atoms with E-state index in [-0.39, 0.29) is 5.91 Å². The quantitative estimate of drug-likeness (QED) is 0.521. The number of nitrogens with one attached hydrogen (secondary N) is 1. The predicted molar refractivity (Wildman–Crippen MR) is 112 cm³/mol. The van der Waals surface area contributed by atoms with Crippen LogP contribution in [0.3, 0.4) is 0 Å². The number of hydrogen-bond donors (Lipinski definition) is 1. The molecule has 0 bridgehead atoms. The molecule has 6 heteroatoms. The Hall–Kier alpha value is -3.18.